The third-order valence-electron chi connectivity index (χ3n) is 3.92. The Morgan fingerprint density at radius 2 is 2.18 bits per heavy atom. The van der Waals surface area contributed by atoms with Gasteiger partial charge in [0.2, 0.25) is 0 Å². The maximum Gasteiger partial charge on any atom is 0.197 e. The number of methoxy groups -OCH3 is 1. The van der Waals surface area contributed by atoms with E-state index >= 15 is 0 Å². The summed E-state index contributed by atoms with van der Waals surface area (Å²) in [6.07, 6.45) is 6.60. The molecule has 1 aromatic rings. The van der Waals surface area contributed by atoms with Crippen LogP contribution in [-0.4, -0.2) is 18.0 Å². The summed E-state index contributed by atoms with van der Waals surface area (Å²) in [5.74, 6) is 1.18. The topological polar surface area (TPSA) is 60.2 Å². The highest BCUT2D eigenvalue weighted by atomic mass is 32.1. The van der Waals surface area contributed by atoms with Crippen LogP contribution in [0.1, 0.15) is 39.0 Å². The summed E-state index contributed by atoms with van der Waals surface area (Å²) < 4.78 is 9.37. The molecule has 0 bridgehead atoms. The van der Waals surface area contributed by atoms with Gasteiger partial charge in [-0.05, 0) is 36.2 Å². The van der Waals surface area contributed by atoms with Gasteiger partial charge in [0.25, 0.3) is 0 Å². The first-order valence-corrected chi connectivity index (χ1v) is 7.01. The highest BCUT2D eigenvalue weighted by molar-refractivity contribution is 7.11. The Morgan fingerprint density at radius 3 is 2.76 bits per heavy atom. The van der Waals surface area contributed by atoms with Crippen molar-refractivity contribution in [2.45, 2.75) is 39.0 Å². The number of hydrogen-bond donors (Lipinski definition) is 2. The molecule has 0 aliphatic heterocycles. The van der Waals surface area contributed by atoms with Crippen molar-refractivity contribution in [1.82, 2.24) is 4.37 Å². The van der Waals surface area contributed by atoms with Gasteiger partial charge in [-0.1, -0.05) is 19.8 Å². The number of nitrogens with one attached hydrogen (secondary N) is 1. The average Bonchev–Trinajstić information content (AvgIpc) is 2.94. The van der Waals surface area contributed by atoms with E-state index in [-0.39, 0.29) is 0 Å². The molecule has 5 heteroatoms. The van der Waals surface area contributed by atoms with Crippen LogP contribution < -0.4 is 15.8 Å². The first-order valence-electron chi connectivity index (χ1n) is 6.24. The Labute approximate surface area is 107 Å². The Balaban J connectivity index is 2.01. The number of anilines is 2. The standard InChI is InChI=1S/C12H21N3OS/c1-3-12(6-4-5-7-12)8-14-11-9(16-2)10(13)15-17-11/h14H,3-8H2,1-2H3,(H2,13,15). The van der Waals surface area contributed by atoms with E-state index in [0.717, 1.165) is 11.5 Å². The van der Waals surface area contributed by atoms with Gasteiger partial charge in [0.1, 0.15) is 0 Å². The number of nitrogen functional groups attached to an aromatic ring is 1. The molecule has 1 aromatic heterocycles. The predicted molar refractivity (Wildman–Crippen MR) is 72.8 cm³/mol. The third kappa shape index (κ3) is 2.49. The molecule has 3 N–H and O–H groups in total. The van der Waals surface area contributed by atoms with E-state index in [0.29, 0.717) is 17.0 Å². The maximum absolute atomic E-state index is 5.74. The molecule has 1 saturated carbocycles. The first kappa shape index (κ1) is 12.5. The van der Waals surface area contributed by atoms with Crippen LogP contribution in [0.15, 0.2) is 0 Å². The van der Waals surface area contributed by atoms with Crippen LogP contribution in [-0.2, 0) is 0 Å². The van der Waals surface area contributed by atoms with Crippen molar-refractivity contribution >= 4 is 22.4 Å². The second-order valence-electron chi connectivity index (χ2n) is 4.84. The monoisotopic (exact) mass is 255 g/mol. The molecule has 0 aromatic carbocycles. The highest BCUT2D eigenvalue weighted by Gasteiger charge is 2.32. The molecule has 0 unspecified atom stereocenters. The SMILES string of the molecule is CCC1(CNc2snc(N)c2OC)CCCC1. The van der Waals surface area contributed by atoms with Crippen LogP contribution in [0.25, 0.3) is 0 Å². The van der Waals surface area contributed by atoms with Gasteiger partial charge in [-0.25, -0.2) is 0 Å². The smallest absolute Gasteiger partial charge is 0.197 e. The minimum atomic E-state index is 0.462. The number of ether oxygens (including phenoxy) is 1. The number of nitrogens with zero attached hydrogens (tertiary/aromatic N) is 1. The summed E-state index contributed by atoms with van der Waals surface area (Å²) in [4.78, 5) is 0. The molecule has 0 radical (unpaired) electrons. The fourth-order valence-corrected chi connectivity index (χ4v) is 3.33. The Hall–Kier alpha value is -0.970. The van der Waals surface area contributed by atoms with Crippen LogP contribution in [0.3, 0.4) is 0 Å². The van der Waals surface area contributed by atoms with Gasteiger partial charge < -0.3 is 15.8 Å². The second-order valence-corrected chi connectivity index (χ2v) is 5.62. The van der Waals surface area contributed by atoms with Crippen molar-refractivity contribution in [3.05, 3.63) is 0 Å². The van der Waals surface area contributed by atoms with Gasteiger partial charge in [-0.15, -0.1) is 0 Å². The average molecular weight is 255 g/mol. The number of aromatic nitrogens is 1. The van der Waals surface area contributed by atoms with Crippen molar-refractivity contribution in [3.63, 3.8) is 0 Å². The van der Waals surface area contributed by atoms with Crippen LogP contribution in [0.4, 0.5) is 10.8 Å². The minimum Gasteiger partial charge on any atom is -0.490 e. The Kier molecular flexibility index (Phi) is 3.76. The minimum absolute atomic E-state index is 0.462. The highest BCUT2D eigenvalue weighted by Crippen LogP contribution is 2.42. The number of nitrogens with two attached hydrogens (primary N) is 1. The van der Waals surface area contributed by atoms with Gasteiger partial charge >= 0.3 is 0 Å². The Morgan fingerprint density at radius 1 is 1.47 bits per heavy atom. The van der Waals surface area contributed by atoms with E-state index in [1.165, 1.54) is 43.6 Å². The van der Waals surface area contributed by atoms with Gasteiger partial charge in [-0.3, -0.25) is 0 Å². The van der Waals surface area contributed by atoms with Crippen LogP contribution in [0, 0.1) is 5.41 Å². The maximum atomic E-state index is 5.74. The molecule has 0 amide bonds. The zero-order chi connectivity index (χ0) is 12.3. The largest absolute Gasteiger partial charge is 0.490 e. The van der Waals surface area contributed by atoms with Gasteiger partial charge in [0.15, 0.2) is 16.6 Å². The van der Waals surface area contributed by atoms with E-state index in [4.69, 9.17) is 10.5 Å². The van der Waals surface area contributed by atoms with Crippen LogP contribution in [0.2, 0.25) is 0 Å². The molecule has 1 aliphatic carbocycles. The lowest BCUT2D eigenvalue weighted by molar-refractivity contribution is 0.306. The lowest BCUT2D eigenvalue weighted by atomic mass is 9.83. The molecule has 96 valence electrons. The quantitative estimate of drug-likeness (QED) is 0.848. The molecular formula is C12H21N3OS. The van der Waals surface area contributed by atoms with Crippen molar-refractivity contribution in [3.8, 4) is 5.75 Å². The molecule has 1 fully saturated rings. The lowest BCUT2D eigenvalue weighted by Gasteiger charge is -2.27. The zero-order valence-corrected chi connectivity index (χ0v) is 11.4. The third-order valence-corrected chi connectivity index (χ3v) is 4.72. The van der Waals surface area contributed by atoms with Crippen molar-refractivity contribution in [1.29, 1.82) is 0 Å². The molecule has 17 heavy (non-hydrogen) atoms. The molecular weight excluding hydrogens is 234 g/mol. The summed E-state index contributed by atoms with van der Waals surface area (Å²) in [6.45, 7) is 3.28. The zero-order valence-electron chi connectivity index (χ0n) is 10.6. The number of hydrogen-bond acceptors (Lipinski definition) is 5. The summed E-state index contributed by atoms with van der Waals surface area (Å²) in [7, 11) is 1.64. The summed E-state index contributed by atoms with van der Waals surface area (Å²) in [6, 6.07) is 0. The molecule has 2 rings (SSSR count). The fraction of sp³-hybridized carbons (Fsp3) is 0.750. The van der Waals surface area contributed by atoms with Gasteiger partial charge in [-0.2, -0.15) is 4.37 Å². The molecule has 0 atom stereocenters. The molecule has 4 nitrogen and oxygen atoms in total. The normalized spacial score (nSPS) is 18.2. The van der Waals surface area contributed by atoms with Crippen molar-refractivity contribution < 1.29 is 4.74 Å². The van der Waals surface area contributed by atoms with Gasteiger partial charge in [0.05, 0.1) is 7.11 Å². The predicted octanol–water partition coefficient (Wildman–Crippen LogP) is 3.12. The molecule has 0 spiro atoms. The van der Waals surface area contributed by atoms with E-state index in [2.05, 4.69) is 16.6 Å². The van der Waals surface area contributed by atoms with E-state index in [9.17, 15) is 0 Å². The van der Waals surface area contributed by atoms with Crippen LogP contribution in [0.5, 0.6) is 5.75 Å². The lowest BCUT2D eigenvalue weighted by Crippen LogP contribution is -2.25. The molecule has 1 heterocycles. The second kappa shape index (κ2) is 5.12. The summed E-state index contributed by atoms with van der Waals surface area (Å²) in [5.41, 5.74) is 6.20. The molecule has 1 aliphatic rings. The Bertz CT molecular complexity index is 372. The molecule has 0 saturated heterocycles. The van der Waals surface area contributed by atoms with E-state index in [1.807, 2.05) is 0 Å². The van der Waals surface area contributed by atoms with Crippen molar-refractivity contribution in [2.24, 2.45) is 5.41 Å². The fourth-order valence-electron chi connectivity index (χ4n) is 2.65. The summed E-state index contributed by atoms with van der Waals surface area (Å²) >= 11 is 1.38. The van der Waals surface area contributed by atoms with Crippen LogP contribution >= 0.6 is 11.5 Å². The number of rotatable bonds is 5. The van der Waals surface area contributed by atoms with Crippen molar-refractivity contribution in [2.75, 3.05) is 24.7 Å². The summed E-state index contributed by atoms with van der Waals surface area (Å²) in [5, 5.41) is 4.43. The van der Waals surface area contributed by atoms with E-state index in [1.54, 1.807) is 7.11 Å². The van der Waals surface area contributed by atoms with E-state index < -0.39 is 0 Å². The van der Waals surface area contributed by atoms with Gasteiger partial charge in [0, 0.05) is 6.54 Å². The first-order chi connectivity index (χ1) is 8.21.